The number of carbonyl (C=O) groups is 1. The van der Waals surface area contributed by atoms with Crippen molar-refractivity contribution >= 4 is 41.0 Å². The molecule has 1 rings (SSSR count). The van der Waals surface area contributed by atoms with Gasteiger partial charge in [-0.15, -0.1) is 0 Å². The Kier molecular flexibility index (Phi) is 3.33. The molecule has 0 aliphatic heterocycles. The SMILES string of the molecule is O=C(Cl)c1ccc(B(O)O)cc1Cl. The molecule has 1 aromatic rings. The summed E-state index contributed by atoms with van der Waals surface area (Å²) >= 11 is 10.8. The lowest BCUT2D eigenvalue weighted by atomic mass is 9.80. The molecule has 0 radical (unpaired) electrons. The molecule has 13 heavy (non-hydrogen) atoms. The van der Waals surface area contributed by atoms with Gasteiger partial charge in [0, 0.05) is 0 Å². The molecule has 3 nitrogen and oxygen atoms in total. The van der Waals surface area contributed by atoms with Crippen LogP contribution in [0.5, 0.6) is 0 Å². The third kappa shape index (κ3) is 2.45. The Labute approximate surface area is 85.0 Å². The van der Waals surface area contributed by atoms with Crippen LogP contribution in [0.15, 0.2) is 18.2 Å². The van der Waals surface area contributed by atoms with E-state index < -0.39 is 12.4 Å². The third-order valence-corrected chi connectivity index (χ3v) is 2.02. The van der Waals surface area contributed by atoms with Crippen LogP contribution >= 0.6 is 23.2 Å². The smallest absolute Gasteiger partial charge is 0.423 e. The molecule has 1 aromatic carbocycles. The Morgan fingerprint density at radius 3 is 2.38 bits per heavy atom. The van der Waals surface area contributed by atoms with Crippen LogP contribution in [0.25, 0.3) is 0 Å². The van der Waals surface area contributed by atoms with Crippen molar-refractivity contribution in [1.29, 1.82) is 0 Å². The van der Waals surface area contributed by atoms with E-state index in [0.29, 0.717) is 0 Å². The average Bonchev–Trinajstić information content (AvgIpc) is 2.03. The highest BCUT2D eigenvalue weighted by Gasteiger charge is 2.14. The van der Waals surface area contributed by atoms with E-state index in [2.05, 4.69) is 0 Å². The fourth-order valence-corrected chi connectivity index (χ4v) is 1.34. The quantitative estimate of drug-likeness (QED) is 0.558. The van der Waals surface area contributed by atoms with Gasteiger partial charge in [-0.05, 0) is 29.2 Å². The standard InChI is InChI=1S/C7H5BCl2O3/c9-6-3-4(8(12)13)1-2-5(6)7(10)11/h1-3,12-13H. The molecule has 0 spiro atoms. The zero-order chi connectivity index (χ0) is 10.0. The molecular weight excluding hydrogens is 214 g/mol. The second kappa shape index (κ2) is 4.11. The lowest BCUT2D eigenvalue weighted by Crippen LogP contribution is -2.29. The van der Waals surface area contributed by atoms with Crippen LogP contribution in [0.4, 0.5) is 0 Å². The predicted octanol–water partition coefficient (Wildman–Crippen LogP) is 0.399. The van der Waals surface area contributed by atoms with Crippen molar-refractivity contribution in [2.75, 3.05) is 0 Å². The van der Waals surface area contributed by atoms with Gasteiger partial charge >= 0.3 is 7.12 Å². The van der Waals surface area contributed by atoms with Crippen molar-refractivity contribution in [3.05, 3.63) is 28.8 Å². The van der Waals surface area contributed by atoms with Gasteiger partial charge in [0.1, 0.15) is 0 Å². The van der Waals surface area contributed by atoms with Crippen LogP contribution in [-0.4, -0.2) is 22.4 Å². The first-order valence-electron chi connectivity index (χ1n) is 3.38. The summed E-state index contributed by atoms with van der Waals surface area (Å²) in [5.74, 6) is 0. The predicted molar refractivity (Wildman–Crippen MR) is 51.5 cm³/mol. The molecule has 0 heterocycles. The molecule has 6 heteroatoms. The number of rotatable bonds is 2. The normalized spacial score (nSPS) is 9.85. The third-order valence-electron chi connectivity index (χ3n) is 1.50. The molecule has 0 bridgehead atoms. The Balaban J connectivity index is 3.13. The zero-order valence-electron chi connectivity index (χ0n) is 6.37. The number of carbonyl (C=O) groups excluding carboxylic acids is 1. The van der Waals surface area contributed by atoms with Crippen LogP contribution in [0.1, 0.15) is 10.4 Å². The maximum atomic E-state index is 10.7. The van der Waals surface area contributed by atoms with E-state index in [-0.39, 0.29) is 16.0 Å². The van der Waals surface area contributed by atoms with E-state index >= 15 is 0 Å². The van der Waals surface area contributed by atoms with Crippen LogP contribution in [-0.2, 0) is 0 Å². The molecular formula is C7H5BCl2O3. The molecule has 2 N–H and O–H groups in total. The Bertz CT molecular complexity index is 341. The molecule has 0 atom stereocenters. The molecule has 0 aliphatic rings. The molecule has 0 aromatic heterocycles. The van der Waals surface area contributed by atoms with E-state index in [1.54, 1.807) is 0 Å². The fourth-order valence-electron chi connectivity index (χ4n) is 0.851. The van der Waals surface area contributed by atoms with Gasteiger partial charge in [-0.3, -0.25) is 4.79 Å². The van der Waals surface area contributed by atoms with Crippen molar-refractivity contribution in [2.45, 2.75) is 0 Å². The van der Waals surface area contributed by atoms with Gasteiger partial charge in [-0.1, -0.05) is 17.7 Å². The lowest BCUT2D eigenvalue weighted by Gasteiger charge is -2.02. The van der Waals surface area contributed by atoms with Crippen molar-refractivity contribution < 1.29 is 14.8 Å². The zero-order valence-corrected chi connectivity index (χ0v) is 7.88. The van der Waals surface area contributed by atoms with E-state index in [9.17, 15) is 4.79 Å². The first kappa shape index (κ1) is 10.5. The summed E-state index contributed by atoms with van der Waals surface area (Å²) in [5, 5.41) is 16.9. The minimum absolute atomic E-state index is 0.102. The topological polar surface area (TPSA) is 57.5 Å². The Morgan fingerprint density at radius 1 is 1.38 bits per heavy atom. The minimum atomic E-state index is -1.60. The second-order valence-electron chi connectivity index (χ2n) is 2.39. The molecule has 0 saturated heterocycles. The summed E-state index contributed by atoms with van der Waals surface area (Å²) in [6.45, 7) is 0. The maximum absolute atomic E-state index is 10.7. The summed E-state index contributed by atoms with van der Waals surface area (Å²) in [5.41, 5.74) is 0.361. The van der Waals surface area contributed by atoms with Crippen LogP contribution in [0, 0.1) is 0 Å². The van der Waals surface area contributed by atoms with E-state index in [0.717, 1.165) is 0 Å². The number of hydrogen-bond acceptors (Lipinski definition) is 3. The maximum Gasteiger partial charge on any atom is 0.488 e. The average molecular weight is 219 g/mol. The van der Waals surface area contributed by atoms with Gasteiger partial charge in [0.05, 0.1) is 10.6 Å². The largest absolute Gasteiger partial charge is 0.488 e. The molecule has 0 amide bonds. The lowest BCUT2D eigenvalue weighted by molar-refractivity contribution is 0.108. The van der Waals surface area contributed by atoms with Gasteiger partial charge in [-0.2, -0.15) is 0 Å². The van der Waals surface area contributed by atoms with Gasteiger partial charge < -0.3 is 10.0 Å². The molecule has 0 saturated carbocycles. The molecule has 0 aliphatic carbocycles. The van der Waals surface area contributed by atoms with Crippen molar-refractivity contribution in [3.63, 3.8) is 0 Å². The first-order valence-corrected chi connectivity index (χ1v) is 4.13. The summed E-state index contributed by atoms with van der Waals surface area (Å²) < 4.78 is 0. The van der Waals surface area contributed by atoms with E-state index in [4.69, 9.17) is 33.2 Å². The highest BCUT2D eigenvalue weighted by molar-refractivity contribution is 6.69. The van der Waals surface area contributed by atoms with Crippen LogP contribution in [0.2, 0.25) is 5.02 Å². The van der Waals surface area contributed by atoms with Gasteiger partial charge in [-0.25, -0.2) is 0 Å². The summed E-state index contributed by atoms with van der Waals surface area (Å²) in [6, 6.07) is 3.99. The molecule has 0 unspecified atom stereocenters. The number of hydrogen-bond donors (Lipinski definition) is 2. The van der Waals surface area contributed by atoms with Crippen molar-refractivity contribution in [3.8, 4) is 0 Å². The van der Waals surface area contributed by atoms with E-state index in [1.165, 1.54) is 18.2 Å². The van der Waals surface area contributed by atoms with Crippen LogP contribution < -0.4 is 5.46 Å². The minimum Gasteiger partial charge on any atom is -0.423 e. The van der Waals surface area contributed by atoms with E-state index in [1.807, 2.05) is 0 Å². The van der Waals surface area contributed by atoms with Crippen LogP contribution in [0.3, 0.4) is 0 Å². The van der Waals surface area contributed by atoms with Crippen molar-refractivity contribution in [1.82, 2.24) is 0 Å². The molecule has 68 valence electrons. The highest BCUT2D eigenvalue weighted by Crippen LogP contribution is 2.15. The Morgan fingerprint density at radius 2 is 2.00 bits per heavy atom. The van der Waals surface area contributed by atoms with Crippen molar-refractivity contribution in [2.24, 2.45) is 0 Å². The summed E-state index contributed by atoms with van der Waals surface area (Å²) in [4.78, 5) is 10.7. The number of benzene rings is 1. The number of halogens is 2. The molecule has 0 fully saturated rings. The monoisotopic (exact) mass is 218 g/mol. The van der Waals surface area contributed by atoms with Gasteiger partial charge in [0.2, 0.25) is 0 Å². The second-order valence-corrected chi connectivity index (χ2v) is 3.14. The highest BCUT2D eigenvalue weighted by atomic mass is 35.5. The summed E-state index contributed by atoms with van der Waals surface area (Å²) in [6.07, 6.45) is 0. The van der Waals surface area contributed by atoms with Gasteiger partial charge in [0.15, 0.2) is 0 Å². The summed E-state index contributed by atoms with van der Waals surface area (Å²) in [7, 11) is -1.60. The fraction of sp³-hybridized carbons (Fsp3) is 0. The first-order chi connectivity index (χ1) is 6.02. The Hall–Kier alpha value is -0.545. The van der Waals surface area contributed by atoms with Gasteiger partial charge in [0.25, 0.3) is 5.24 Å².